The summed E-state index contributed by atoms with van der Waals surface area (Å²) >= 11 is 0. The summed E-state index contributed by atoms with van der Waals surface area (Å²) in [5, 5.41) is 9.12. The van der Waals surface area contributed by atoms with Crippen molar-refractivity contribution in [3.63, 3.8) is 0 Å². The molecule has 0 unspecified atom stereocenters. The minimum absolute atomic E-state index is 0.0335. The number of anilines is 1. The van der Waals surface area contributed by atoms with Crippen LogP contribution in [0, 0.1) is 0 Å². The standard InChI is InChI=1S/C25H36N4O4/c1-2-33-19-14-12-18(13-15-19)26-23(30)16-22-24(31)28-20-10-6-7-11-21(20)29(22)25(32)27-17-8-4-3-5-9-17/h12-15,17,20-22H,2-11,16H2,1H3,(H,26,30)(H,27,32)(H,28,31)/t20-,21+,22-/m1/s1. The molecule has 0 aromatic heterocycles. The van der Waals surface area contributed by atoms with E-state index < -0.39 is 6.04 Å². The number of fused-ring (bicyclic) bond motifs is 1. The van der Waals surface area contributed by atoms with Gasteiger partial charge in [0.1, 0.15) is 11.8 Å². The lowest BCUT2D eigenvalue weighted by molar-refractivity contribution is -0.135. The summed E-state index contributed by atoms with van der Waals surface area (Å²) in [6.07, 6.45) is 9.10. The monoisotopic (exact) mass is 456 g/mol. The van der Waals surface area contributed by atoms with Crippen LogP contribution in [0.5, 0.6) is 5.75 Å². The Balaban J connectivity index is 1.46. The Morgan fingerprint density at radius 1 is 1.03 bits per heavy atom. The number of nitrogens with zero attached hydrogens (tertiary/aromatic N) is 1. The van der Waals surface area contributed by atoms with Gasteiger partial charge in [0.15, 0.2) is 0 Å². The number of nitrogens with one attached hydrogen (secondary N) is 3. The zero-order valence-electron chi connectivity index (χ0n) is 19.5. The van der Waals surface area contributed by atoms with Crippen molar-refractivity contribution in [3.8, 4) is 5.75 Å². The summed E-state index contributed by atoms with van der Waals surface area (Å²) in [7, 11) is 0. The molecule has 33 heavy (non-hydrogen) atoms. The highest BCUT2D eigenvalue weighted by Gasteiger charge is 2.46. The molecule has 0 radical (unpaired) electrons. The average molecular weight is 457 g/mol. The highest BCUT2D eigenvalue weighted by molar-refractivity contribution is 5.97. The van der Waals surface area contributed by atoms with E-state index in [-0.39, 0.29) is 42.4 Å². The zero-order valence-corrected chi connectivity index (χ0v) is 19.5. The van der Waals surface area contributed by atoms with Crippen molar-refractivity contribution < 1.29 is 19.1 Å². The normalized spacial score (nSPS) is 25.5. The molecule has 1 saturated heterocycles. The fraction of sp³-hybridized carbons (Fsp3) is 0.640. The lowest BCUT2D eigenvalue weighted by Gasteiger charge is -2.48. The van der Waals surface area contributed by atoms with E-state index in [0.29, 0.717) is 12.3 Å². The van der Waals surface area contributed by atoms with E-state index in [9.17, 15) is 14.4 Å². The van der Waals surface area contributed by atoms with Crippen LogP contribution >= 0.6 is 0 Å². The molecule has 0 bridgehead atoms. The number of carbonyl (C=O) groups is 3. The fourth-order valence-corrected chi connectivity index (χ4v) is 5.42. The Morgan fingerprint density at radius 3 is 2.45 bits per heavy atom. The summed E-state index contributed by atoms with van der Waals surface area (Å²) in [6, 6.07) is 6.17. The van der Waals surface area contributed by atoms with Gasteiger partial charge in [-0.05, 0) is 56.9 Å². The molecule has 3 fully saturated rings. The predicted molar refractivity (Wildman–Crippen MR) is 126 cm³/mol. The van der Waals surface area contributed by atoms with Crippen molar-refractivity contribution in [2.75, 3.05) is 11.9 Å². The van der Waals surface area contributed by atoms with Gasteiger partial charge in [0.25, 0.3) is 0 Å². The SMILES string of the molecule is CCOc1ccc(NC(=O)C[C@@H]2C(=O)N[C@@H]3CCCC[C@@H]3N2C(=O)NC2CCCCC2)cc1. The van der Waals surface area contributed by atoms with E-state index in [0.717, 1.165) is 57.1 Å². The smallest absolute Gasteiger partial charge is 0.318 e. The van der Waals surface area contributed by atoms with Crippen LogP contribution in [0.15, 0.2) is 24.3 Å². The molecule has 1 aliphatic heterocycles. The minimum Gasteiger partial charge on any atom is -0.494 e. The van der Waals surface area contributed by atoms with Gasteiger partial charge in [-0.25, -0.2) is 4.79 Å². The summed E-state index contributed by atoms with van der Waals surface area (Å²) < 4.78 is 5.44. The molecule has 3 N–H and O–H groups in total. The van der Waals surface area contributed by atoms with E-state index in [1.165, 1.54) is 6.42 Å². The molecule has 2 saturated carbocycles. The lowest BCUT2D eigenvalue weighted by Crippen LogP contribution is -2.69. The number of ether oxygens (including phenoxy) is 1. The molecule has 3 atom stereocenters. The molecule has 4 rings (SSSR count). The fourth-order valence-electron chi connectivity index (χ4n) is 5.42. The molecule has 1 heterocycles. The van der Waals surface area contributed by atoms with E-state index >= 15 is 0 Å². The van der Waals surface area contributed by atoms with Crippen molar-refractivity contribution in [3.05, 3.63) is 24.3 Å². The first-order chi connectivity index (χ1) is 16.0. The Kier molecular flexibility index (Phi) is 7.73. The quantitative estimate of drug-likeness (QED) is 0.609. The third-order valence-electron chi connectivity index (χ3n) is 7.05. The molecule has 3 aliphatic rings. The second-order valence-electron chi connectivity index (χ2n) is 9.38. The number of urea groups is 1. The first-order valence-electron chi connectivity index (χ1n) is 12.5. The first-order valence-corrected chi connectivity index (χ1v) is 12.5. The average Bonchev–Trinajstić information content (AvgIpc) is 2.81. The maximum Gasteiger partial charge on any atom is 0.318 e. The third-order valence-corrected chi connectivity index (χ3v) is 7.05. The molecule has 8 heteroatoms. The third kappa shape index (κ3) is 5.78. The Labute approximate surface area is 195 Å². The van der Waals surface area contributed by atoms with Crippen LogP contribution in [0.3, 0.4) is 0 Å². The van der Waals surface area contributed by atoms with Gasteiger partial charge in [0.05, 0.1) is 19.1 Å². The Morgan fingerprint density at radius 2 is 1.73 bits per heavy atom. The molecule has 1 aromatic carbocycles. The first kappa shape index (κ1) is 23.4. The van der Waals surface area contributed by atoms with Crippen LogP contribution in [-0.2, 0) is 9.59 Å². The van der Waals surface area contributed by atoms with Crippen LogP contribution in [0.25, 0.3) is 0 Å². The largest absolute Gasteiger partial charge is 0.494 e. The molecule has 8 nitrogen and oxygen atoms in total. The highest BCUT2D eigenvalue weighted by Crippen LogP contribution is 2.30. The van der Waals surface area contributed by atoms with Crippen LogP contribution in [0.1, 0.15) is 71.1 Å². The number of rotatable bonds is 6. The van der Waals surface area contributed by atoms with Crippen molar-refractivity contribution in [2.24, 2.45) is 0 Å². The number of hydrogen-bond donors (Lipinski definition) is 3. The van der Waals surface area contributed by atoms with Gasteiger partial charge in [-0.3, -0.25) is 9.59 Å². The van der Waals surface area contributed by atoms with Crippen molar-refractivity contribution >= 4 is 23.5 Å². The zero-order chi connectivity index (χ0) is 23.2. The van der Waals surface area contributed by atoms with Gasteiger partial charge in [0, 0.05) is 17.8 Å². The maximum atomic E-state index is 13.4. The van der Waals surface area contributed by atoms with Gasteiger partial charge >= 0.3 is 6.03 Å². The number of hydrogen-bond acceptors (Lipinski definition) is 4. The molecular formula is C25H36N4O4. The number of benzene rings is 1. The number of amides is 4. The van der Waals surface area contributed by atoms with E-state index in [1.807, 2.05) is 6.92 Å². The van der Waals surface area contributed by atoms with Gasteiger partial charge in [-0.15, -0.1) is 0 Å². The molecule has 180 valence electrons. The summed E-state index contributed by atoms with van der Waals surface area (Å²) in [4.78, 5) is 41.0. The summed E-state index contributed by atoms with van der Waals surface area (Å²) in [5.74, 6) is 0.207. The minimum atomic E-state index is -0.810. The lowest BCUT2D eigenvalue weighted by atomic mass is 9.85. The molecule has 4 amide bonds. The van der Waals surface area contributed by atoms with Crippen LogP contribution in [0.4, 0.5) is 10.5 Å². The van der Waals surface area contributed by atoms with Crippen molar-refractivity contribution in [1.82, 2.24) is 15.5 Å². The number of piperazine rings is 1. The second kappa shape index (κ2) is 10.9. The topological polar surface area (TPSA) is 99.8 Å². The van der Waals surface area contributed by atoms with Crippen molar-refractivity contribution in [2.45, 2.75) is 95.3 Å². The Bertz CT molecular complexity index is 837. The van der Waals surface area contributed by atoms with Gasteiger partial charge in [-0.1, -0.05) is 32.1 Å². The van der Waals surface area contributed by atoms with Crippen molar-refractivity contribution in [1.29, 1.82) is 0 Å². The van der Waals surface area contributed by atoms with E-state index in [4.69, 9.17) is 4.74 Å². The number of carbonyl (C=O) groups excluding carboxylic acids is 3. The van der Waals surface area contributed by atoms with Gasteiger partial charge in [0.2, 0.25) is 11.8 Å². The highest BCUT2D eigenvalue weighted by atomic mass is 16.5. The summed E-state index contributed by atoms with van der Waals surface area (Å²) in [5.41, 5.74) is 0.633. The van der Waals surface area contributed by atoms with Gasteiger partial charge < -0.3 is 25.6 Å². The molecule has 1 aromatic rings. The summed E-state index contributed by atoms with van der Waals surface area (Å²) in [6.45, 7) is 2.49. The maximum absolute atomic E-state index is 13.4. The van der Waals surface area contributed by atoms with Crippen LogP contribution in [-0.4, -0.2) is 53.5 Å². The van der Waals surface area contributed by atoms with Crippen LogP contribution < -0.4 is 20.7 Å². The molecule has 2 aliphatic carbocycles. The van der Waals surface area contributed by atoms with E-state index in [2.05, 4.69) is 16.0 Å². The predicted octanol–water partition coefficient (Wildman–Crippen LogP) is 3.57. The molecule has 0 spiro atoms. The van der Waals surface area contributed by atoms with Gasteiger partial charge in [-0.2, -0.15) is 0 Å². The van der Waals surface area contributed by atoms with Crippen LogP contribution in [0.2, 0.25) is 0 Å². The molecular weight excluding hydrogens is 420 g/mol. The Hall–Kier alpha value is -2.77. The van der Waals surface area contributed by atoms with E-state index in [1.54, 1.807) is 29.2 Å². The second-order valence-corrected chi connectivity index (χ2v) is 9.38.